The summed E-state index contributed by atoms with van der Waals surface area (Å²) in [6.07, 6.45) is 4.73. The molecule has 0 spiro atoms. The number of furan rings is 1. The molecule has 2 amide bonds. The summed E-state index contributed by atoms with van der Waals surface area (Å²) in [4.78, 5) is 42.5. The lowest BCUT2D eigenvalue weighted by Crippen LogP contribution is -2.34. The fourth-order valence-electron chi connectivity index (χ4n) is 4.47. The van der Waals surface area contributed by atoms with Gasteiger partial charge in [0.05, 0.1) is 6.10 Å². The number of ether oxygens (including phenoxy) is 2. The van der Waals surface area contributed by atoms with Crippen LogP contribution in [0.3, 0.4) is 0 Å². The Hall–Kier alpha value is -3.92. The maximum Gasteiger partial charge on any atom is 0.344 e. The zero-order valence-corrected chi connectivity index (χ0v) is 22.1. The molecule has 2 aromatic heterocycles. The van der Waals surface area contributed by atoms with E-state index < -0.39 is 11.9 Å². The maximum absolute atomic E-state index is 13.2. The Morgan fingerprint density at radius 3 is 2.46 bits per heavy atom. The van der Waals surface area contributed by atoms with E-state index in [1.165, 1.54) is 0 Å². The van der Waals surface area contributed by atoms with Gasteiger partial charge >= 0.3 is 5.97 Å². The van der Waals surface area contributed by atoms with Crippen LogP contribution >= 0.6 is 0 Å². The van der Waals surface area contributed by atoms with E-state index in [0.29, 0.717) is 28.6 Å². The van der Waals surface area contributed by atoms with Crippen molar-refractivity contribution >= 4 is 40.3 Å². The fourth-order valence-corrected chi connectivity index (χ4v) is 4.47. The molecule has 210 valence electrons. The van der Waals surface area contributed by atoms with Gasteiger partial charge in [-0.3, -0.25) is 9.59 Å². The number of nitrogens with zero attached hydrogens (tertiary/aromatic N) is 1. The van der Waals surface area contributed by atoms with Crippen molar-refractivity contribution in [3.63, 3.8) is 0 Å². The van der Waals surface area contributed by atoms with Crippen LogP contribution in [0.25, 0.3) is 11.0 Å². The highest BCUT2D eigenvalue weighted by Crippen LogP contribution is 2.35. The third-order valence-corrected chi connectivity index (χ3v) is 6.50. The summed E-state index contributed by atoms with van der Waals surface area (Å²) in [6.45, 7) is 5.15. The number of anilines is 2. The monoisotopic (exact) mass is 538 g/mol. The predicted octanol–water partition coefficient (Wildman–Crippen LogP) is 5.07. The lowest BCUT2D eigenvalue weighted by Gasteiger charge is -2.27. The Labute approximate surface area is 228 Å². The Kier molecular flexibility index (Phi) is 10.1. The first kappa shape index (κ1) is 29.6. The number of aryl methyl sites for hydroxylation is 1. The number of carbonyl (C=O) groups excluding carboxylic acids is 3. The van der Waals surface area contributed by atoms with Gasteiger partial charge in [0, 0.05) is 29.6 Å². The standard InChI is InChI=1S/C28H34N4O6.CH4/c1-16(2)37-24(33)15-36-20-10-11-21-22(13-20)38-26(28(35)31-23-12-5-17(3)14-30-23)25(21)32-27(34)18-6-8-19(29-4)9-7-18;/h5,10-14,16,18-19,29H,6-9,15H2,1-4H3,(H,32,34)(H,30,31,35);1H4. The van der Waals surface area contributed by atoms with Crippen LogP contribution in [0, 0.1) is 12.8 Å². The molecule has 0 bridgehead atoms. The smallest absolute Gasteiger partial charge is 0.344 e. The van der Waals surface area contributed by atoms with Crippen molar-refractivity contribution in [2.75, 3.05) is 24.3 Å². The normalized spacial score (nSPS) is 16.8. The number of nitrogens with one attached hydrogen (secondary N) is 3. The minimum atomic E-state index is -0.547. The minimum Gasteiger partial charge on any atom is -0.482 e. The van der Waals surface area contributed by atoms with E-state index in [9.17, 15) is 14.4 Å². The van der Waals surface area contributed by atoms with Crippen LogP contribution in [0.2, 0.25) is 0 Å². The summed E-state index contributed by atoms with van der Waals surface area (Å²) >= 11 is 0. The molecule has 0 atom stereocenters. The predicted molar refractivity (Wildman–Crippen MR) is 150 cm³/mol. The molecule has 10 heteroatoms. The fraction of sp³-hybridized carbons (Fsp3) is 0.448. The molecule has 10 nitrogen and oxygen atoms in total. The Morgan fingerprint density at radius 1 is 1.08 bits per heavy atom. The zero-order chi connectivity index (χ0) is 27.2. The SMILES string of the molecule is C.CNC1CCC(C(=O)Nc2c(C(=O)Nc3ccc(C)cn3)oc3cc(OCC(=O)OC(C)C)ccc23)CC1. The minimum absolute atomic E-state index is 0. The first-order valence-corrected chi connectivity index (χ1v) is 12.8. The van der Waals surface area contributed by atoms with Crippen molar-refractivity contribution < 1.29 is 28.3 Å². The number of hydrogen-bond acceptors (Lipinski definition) is 8. The molecule has 0 radical (unpaired) electrons. The van der Waals surface area contributed by atoms with E-state index in [1.54, 1.807) is 44.3 Å². The second kappa shape index (κ2) is 13.2. The molecule has 1 aliphatic rings. The summed E-state index contributed by atoms with van der Waals surface area (Å²) < 4.78 is 16.6. The lowest BCUT2D eigenvalue weighted by atomic mass is 9.85. The van der Waals surface area contributed by atoms with Crippen LogP contribution in [0.15, 0.2) is 40.9 Å². The Bertz CT molecular complexity index is 1290. The number of rotatable bonds is 9. The summed E-state index contributed by atoms with van der Waals surface area (Å²) in [5.74, 6) is -0.675. The van der Waals surface area contributed by atoms with Crippen molar-refractivity contribution in [3.05, 3.63) is 47.9 Å². The van der Waals surface area contributed by atoms with Crippen molar-refractivity contribution in [1.82, 2.24) is 10.3 Å². The van der Waals surface area contributed by atoms with E-state index >= 15 is 0 Å². The van der Waals surface area contributed by atoms with Crippen LogP contribution in [0.5, 0.6) is 5.75 Å². The molecule has 3 N–H and O–H groups in total. The van der Waals surface area contributed by atoms with Gasteiger partial charge < -0.3 is 29.8 Å². The van der Waals surface area contributed by atoms with Crippen LogP contribution < -0.4 is 20.7 Å². The van der Waals surface area contributed by atoms with E-state index in [2.05, 4.69) is 20.9 Å². The molecule has 39 heavy (non-hydrogen) atoms. The topological polar surface area (TPSA) is 132 Å². The average Bonchev–Trinajstić information content (AvgIpc) is 3.26. The van der Waals surface area contributed by atoms with Gasteiger partial charge in [0.25, 0.3) is 5.91 Å². The number of pyridine rings is 1. The number of amides is 2. The highest BCUT2D eigenvalue weighted by molar-refractivity contribution is 6.14. The van der Waals surface area contributed by atoms with Gasteiger partial charge in [0.1, 0.15) is 22.8 Å². The molecule has 1 aromatic carbocycles. The molecule has 0 aliphatic heterocycles. The van der Waals surface area contributed by atoms with Crippen LogP contribution in [0.1, 0.15) is 63.1 Å². The summed E-state index contributed by atoms with van der Waals surface area (Å²) in [6, 6.07) is 8.85. The average molecular weight is 539 g/mol. The number of hydrogen-bond donors (Lipinski definition) is 3. The number of benzene rings is 1. The van der Waals surface area contributed by atoms with Crippen molar-refractivity contribution in [3.8, 4) is 5.75 Å². The molecule has 0 unspecified atom stereocenters. The zero-order valence-electron chi connectivity index (χ0n) is 22.1. The summed E-state index contributed by atoms with van der Waals surface area (Å²) in [5.41, 5.74) is 1.57. The van der Waals surface area contributed by atoms with E-state index in [1.807, 2.05) is 20.0 Å². The molecular formula is C29H38N4O6. The largest absolute Gasteiger partial charge is 0.482 e. The molecule has 1 saturated carbocycles. The number of fused-ring (bicyclic) bond motifs is 1. The maximum atomic E-state index is 13.2. The van der Waals surface area contributed by atoms with E-state index in [-0.39, 0.29) is 43.4 Å². The van der Waals surface area contributed by atoms with Crippen LogP contribution in [-0.4, -0.2) is 48.6 Å². The summed E-state index contributed by atoms with van der Waals surface area (Å²) in [5, 5.41) is 9.50. The Morgan fingerprint density at radius 2 is 1.82 bits per heavy atom. The van der Waals surface area contributed by atoms with Crippen molar-refractivity contribution in [2.24, 2.45) is 5.92 Å². The molecule has 0 saturated heterocycles. The first-order chi connectivity index (χ1) is 18.2. The second-order valence-electron chi connectivity index (χ2n) is 9.79. The van der Waals surface area contributed by atoms with Crippen LogP contribution in [0.4, 0.5) is 11.5 Å². The van der Waals surface area contributed by atoms with Gasteiger partial charge in [-0.1, -0.05) is 13.5 Å². The number of carbonyl (C=O) groups is 3. The summed E-state index contributed by atoms with van der Waals surface area (Å²) in [7, 11) is 1.93. The van der Waals surface area contributed by atoms with Crippen molar-refractivity contribution in [1.29, 1.82) is 0 Å². The molecule has 2 heterocycles. The van der Waals surface area contributed by atoms with Gasteiger partial charge in [-0.2, -0.15) is 0 Å². The first-order valence-electron chi connectivity index (χ1n) is 12.8. The number of aromatic nitrogens is 1. The van der Waals surface area contributed by atoms with Gasteiger partial charge in [0.15, 0.2) is 6.61 Å². The molecule has 1 aliphatic carbocycles. The van der Waals surface area contributed by atoms with E-state index in [4.69, 9.17) is 13.9 Å². The second-order valence-corrected chi connectivity index (χ2v) is 9.79. The molecule has 1 fully saturated rings. The van der Waals surface area contributed by atoms with Gasteiger partial charge in [0.2, 0.25) is 11.7 Å². The highest BCUT2D eigenvalue weighted by Gasteiger charge is 2.29. The number of esters is 1. The quantitative estimate of drug-likeness (QED) is 0.322. The highest BCUT2D eigenvalue weighted by atomic mass is 16.6. The van der Waals surface area contributed by atoms with Crippen LogP contribution in [-0.2, 0) is 14.3 Å². The van der Waals surface area contributed by atoms with Gasteiger partial charge in [-0.15, -0.1) is 0 Å². The molecular weight excluding hydrogens is 500 g/mol. The van der Waals surface area contributed by atoms with Gasteiger partial charge in [-0.05, 0) is 77.3 Å². The third-order valence-electron chi connectivity index (χ3n) is 6.50. The molecule has 3 aromatic rings. The molecule has 4 rings (SSSR count). The Balaban J connectivity index is 0.00000420. The van der Waals surface area contributed by atoms with E-state index in [0.717, 1.165) is 31.2 Å². The lowest BCUT2D eigenvalue weighted by molar-refractivity contribution is -0.149. The third kappa shape index (κ3) is 7.57. The van der Waals surface area contributed by atoms with Gasteiger partial charge in [-0.25, -0.2) is 9.78 Å². The van der Waals surface area contributed by atoms with Crippen molar-refractivity contribution in [2.45, 2.75) is 66.0 Å².